The number of hydrogen-bond acceptors (Lipinski definition) is 3. The van der Waals surface area contributed by atoms with Crippen molar-refractivity contribution < 1.29 is 19.4 Å². The molecule has 0 bridgehead atoms. The second-order valence-electron chi connectivity index (χ2n) is 3.54. The number of methoxy groups -OCH3 is 1. The van der Waals surface area contributed by atoms with E-state index in [2.05, 4.69) is 5.32 Å². The number of nitrogens with zero attached hydrogens (tertiary/aromatic N) is 1. The molecule has 0 aliphatic carbocycles. The topological polar surface area (TPSA) is 78.9 Å². The first kappa shape index (κ1) is 11.8. The molecule has 1 saturated heterocycles. The molecule has 1 aliphatic heterocycles. The number of amides is 2. The lowest BCUT2D eigenvalue weighted by Crippen LogP contribution is -2.45. The van der Waals surface area contributed by atoms with Crippen LogP contribution >= 0.6 is 0 Å². The minimum atomic E-state index is -0.959. The Morgan fingerprint density at radius 2 is 2.33 bits per heavy atom. The van der Waals surface area contributed by atoms with Crippen molar-refractivity contribution in [1.29, 1.82) is 0 Å². The zero-order valence-electron chi connectivity index (χ0n) is 8.73. The average Bonchev–Trinajstić information content (AvgIpc) is 2.26. The maximum Gasteiger partial charge on any atom is 0.407 e. The first-order valence-electron chi connectivity index (χ1n) is 4.89. The summed E-state index contributed by atoms with van der Waals surface area (Å²) in [7, 11) is 1.49. The van der Waals surface area contributed by atoms with Gasteiger partial charge in [-0.3, -0.25) is 4.79 Å². The molecule has 1 unspecified atom stereocenters. The summed E-state index contributed by atoms with van der Waals surface area (Å²) in [5.41, 5.74) is 0. The molecule has 86 valence electrons. The van der Waals surface area contributed by atoms with Gasteiger partial charge in [-0.15, -0.1) is 0 Å². The van der Waals surface area contributed by atoms with E-state index in [1.165, 1.54) is 12.0 Å². The van der Waals surface area contributed by atoms with Gasteiger partial charge in [-0.1, -0.05) is 0 Å². The Morgan fingerprint density at radius 1 is 1.60 bits per heavy atom. The first-order valence-corrected chi connectivity index (χ1v) is 4.89. The fourth-order valence-electron chi connectivity index (χ4n) is 1.65. The molecular formula is C9H16N2O4. The molecular weight excluding hydrogens is 200 g/mol. The van der Waals surface area contributed by atoms with Crippen LogP contribution in [-0.4, -0.2) is 48.9 Å². The molecule has 1 heterocycles. The lowest BCUT2D eigenvalue weighted by molar-refractivity contribution is -0.127. The molecule has 0 spiro atoms. The molecule has 2 N–H and O–H groups in total. The summed E-state index contributed by atoms with van der Waals surface area (Å²) >= 11 is 0. The lowest BCUT2D eigenvalue weighted by Gasteiger charge is -2.29. The number of likely N-dealkylation sites (tertiary alicyclic amines) is 1. The number of carbonyl (C=O) groups is 2. The molecule has 0 aromatic carbocycles. The van der Waals surface area contributed by atoms with Gasteiger partial charge in [0.1, 0.15) is 6.73 Å². The van der Waals surface area contributed by atoms with Gasteiger partial charge in [0.2, 0.25) is 5.91 Å². The second kappa shape index (κ2) is 5.55. The summed E-state index contributed by atoms with van der Waals surface area (Å²) in [6.45, 7) is 0.969. The van der Waals surface area contributed by atoms with Crippen LogP contribution in [-0.2, 0) is 9.53 Å². The molecule has 6 heteroatoms. The summed E-state index contributed by atoms with van der Waals surface area (Å²) in [4.78, 5) is 23.5. The minimum Gasteiger partial charge on any atom is -0.465 e. The molecule has 1 rings (SSSR count). The summed E-state index contributed by atoms with van der Waals surface area (Å²) in [6, 6.07) is 0. The van der Waals surface area contributed by atoms with E-state index in [1.54, 1.807) is 0 Å². The van der Waals surface area contributed by atoms with E-state index in [1.807, 2.05) is 0 Å². The van der Waals surface area contributed by atoms with Gasteiger partial charge in [0.25, 0.3) is 0 Å². The smallest absolute Gasteiger partial charge is 0.407 e. The van der Waals surface area contributed by atoms with Crippen molar-refractivity contribution in [2.75, 3.05) is 26.9 Å². The third-order valence-electron chi connectivity index (χ3n) is 2.45. The van der Waals surface area contributed by atoms with E-state index < -0.39 is 6.09 Å². The maximum absolute atomic E-state index is 11.5. The predicted molar refractivity (Wildman–Crippen MR) is 52.3 cm³/mol. The molecule has 0 radical (unpaired) electrons. The molecule has 15 heavy (non-hydrogen) atoms. The Kier molecular flexibility index (Phi) is 4.36. The largest absolute Gasteiger partial charge is 0.465 e. The van der Waals surface area contributed by atoms with Gasteiger partial charge >= 0.3 is 6.09 Å². The Morgan fingerprint density at radius 3 is 2.93 bits per heavy atom. The summed E-state index contributed by atoms with van der Waals surface area (Å²) < 4.78 is 4.72. The number of rotatable bonds is 3. The van der Waals surface area contributed by atoms with Gasteiger partial charge in [0.05, 0.1) is 5.92 Å². The Hall–Kier alpha value is -1.30. The highest BCUT2D eigenvalue weighted by molar-refractivity contribution is 5.79. The van der Waals surface area contributed by atoms with Crippen LogP contribution < -0.4 is 5.32 Å². The van der Waals surface area contributed by atoms with Crippen molar-refractivity contribution in [3.63, 3.8) is 0 Å². The molecule has 1 fully saturated rings. The van der Waals surface area contributed by atoms with Crippen molar-refractivity contribution in [2.24, 2.45) is 5.92 Å². The number of carbonyl (C=O) groups excluding carboxylic acids is 1. The highest BCUT2D eigenvalue weighted by atomic mass is 16.5. The summed E-state index contributed by atoms with van der Waals surface area (Å²) in [6.07, 6.45) is 0.510. The predicted octanol–water partition coefficient (Wildman–Crippen LogP) is 0.0965. The summed E-state index contributed by atoms with van der Waals surface area (Å²) in [5, 5.41) is 11.4. The van der Waals surface area contributed by atoms with Crippen LogP contribution in [0.1, 0.15) is 12.8 Å². The van der Waals surface area contributed by atoms with E-state index in [4.69, 9.17) is 9.84 Å². The third kappa shape index (κ3) is 3.39. The SMILES string of the molecule is COCNC(=O)C1CCCN(C(=O)O)C1. The van der Waals surface area contributed by atoms with Crippen molar-refractivity contribution in [2.45, 2.75) is 12.8 Å². The second-order valence-corrected chi connectivity index (χ2v) is 3.54. The molecule has 6 nitrogen and oxygen atoms in total. The van der Waals surface area contributed by atoms with Gasteiger partial charge in [0, 0.05) is 20.2 Å². The zero-order chi connectivity index (χ0) is 11.3. The van der Waals surface area contributed by atoms with Crippen LogP contribution in [0.3, 0.4) is 0 Å². The highest BCUT2D eigenvalue weighted by Gasteiger charge is 2.27. The van der Waals surface area contributed by atoms with Gasteiger partial charge < -0.3 is 20.1 Å². The maximum atomic E-state index is 11.5. The van der Waals surface area contributed by atoms with Crippen molar-refractivity contribution in [3.8, 4) is 0 Å². The van der Waals surface area contributed by atoms with E-state index in [9.17, 15) is 9.59 Å². The lowest BCUT2D eigenvalue weighted by atomic mass is 9.97. The number of ether oxygens (including phenoxy) is 1. The van der Waals surface area contributed by atoms with Crippen LogP contribution in [0.15, 0.2) is 0 Å². The Labute approximate surface area is 88.2 Å². The summed E-state index contributed by atoms with van der Waals surface area (Å²) in [5.74, 6) is -0.382. The number of carboxylic acid groups (broad SMARTS) is 1. The first-order chi connectivity index (χ1) is 7.15. The normalized spacial score (nSPS) is 21.1. The number of piperidine rings is 1. The quantitative estimate of drug-likeness (QED) is 0.656. The van der Waals surface area contributed by atoms with Crippen LogP contribution in [0.4, 0.5) is 4.79 Å². The molecule has 1 atom stereocenters. The van der Waals surface area contributed by atoms with Crippen LogP contribution in [0.5, 0.6) is 0 Å². The van der Waals surface area contributed by atoms with Crippen LogP contribution in [0.2, 0.25) is 0 Å². The van der Waals surface area contributed by atoms with Crippen molar-refractivity contribution in [1.82, 2.24) is 10.2 Å². The van der Waals surface area contributed by atoms with E-state index >= 15 is 0 Å². The number of hydrogen-bond donors (Lipinski definition) is 2. The molecule has 1 aliphatic rings. The van der Waals surface area contributed by atoms with Crippen molar-refractivity contribution >= 4 is 12.0 Å². The van der Waals surface area contributed by atoms with Crippen LogP contribution in [0, 0.1) is 5.92 Å². The van der Waals surface area contributed by atoms with E-state index in [0.29, 0.717) is 6.54 Å². The minimum absolute atomic E-state index is 0.136. The Bertz CT molecular complexity index is 244. The average molecular weight is 216 g/mol. The molecule has 2 amide bonds. The monoisotopic (exact) mass is 216 g/mol. The number of nitrogens with one attached hydrogen (secondary N) is 1. The van der Waals surface area contributed by atoms with Gasteiger partial charge in [-0.05, 0) is 12.8 Å². The van der Waals surface area contributed by atoms with Crippen molar-refractivity contribution in [3.05, 3.63) is 0 Å². The molecule has 0 aromatic rings. The standard InChI is InChI=1S/C9H16N2O4/c1-15-6-10-8(12)7-3-2-4-11(5-7)9(13)14/h7H,2-6H2,1H3,(H,10,12)(H,13,14). The highest BCUT2D eigenvalue weighted by Crippen LogP contribution is 2.16. The van der Waals surface area contributed by atoms with E-state index in [0.717, 1.165) is 12.8 Å². The fourth-order valence-corrected chi connectivity index (χ4v) is 1.65. The van der Waals surface area contributed by atoms with Crippen LogP contribution in [0.25, 0.3) is 0 Å². The third-order valence-corrected chi connectivity index (χ3v) is 2.45. The Balaban J connectivity index is 2.41. The van der Waals surface area contributed by atoms with Gasteiger partial charge in [-0.2, -0.15) is 0 Å². The molecule has 0 saturated carbocycles. The molecule has 0 aromatic heterocycles. The zero-order valence-corrected chi connectivity index (χ0v) is 8.73. The van der Waals surface area contributed by atoms with Gasteiger partial charge in [0.15, 0.2) is 0 Å². The fraction of sp³-hybridized carbons (Fsp3) is 0.778. The van der Waals surface area contributed by atoms with E-state index in [-0.39, 0.29) is 25.1 Å². The van der Waals surface area contributed by atoms with Gasteiger partial charge in [-0.25, -0.2) is 4.79 Å².